The molecule has 0 fully saturated rings. The lowest BCUT2D eigenvalue weighted by molar-refractivity contribution is 1.09. The third-order valence-electron chi connectivity index (χ3n) is 0.546. The lowest BCUT2D eigenvalue weighted by atomic mass is 10.4. The van der Waals surface area contributed by atoms with Gasteiger partial charge in [-0.05, 0) is 12.2 Å². The Bertz CT molecular complexity index is 112. The van der Waals surface area contributed by atoms with Crippen LogP contribution in [0.15, 0.2) is 37.1 Å². The molecule has 0 saturated carbocycles. The van der Waals surface area contributed by atoms with Crippen molar-refractivity contribution in [3.8, 4) is 0 Å². The summed E-state index contributed by atoms with van der Waals surface area (Å²) in [6.07, 6.45) is 6.13. The SMILES string of the molecule is C=C/C=C(/N)C=C.CCC. The monoisotopic (exact) mass is 139 g/mol. The van der Waals surface area contributed by atoms with Gasteiger partial charge in [-0.1, -0.05) is 39.5 Å². The molecular formula is C9H17N. The molecule has 10 heavy (non-hydrogen) atoms. The van der Waals surface area contributed by atoms with E-state index in [1.165, 1.54) is 6.42 Å². The second-order valence-electron chi connectivity index (χ2n) is 1.81. The first-order chi connectivity index (χ1) is 4.72. The molecule has 0 bridgehead atoms. The zero-order valence-corrected chi connectivity index (χ0v) is 6.93. The summed E-state index contributed by atoms with van der Waals surface area (Å²) in [6.45, 7) is 11.1. The maximum absolute atomic E-state index is 5.26. The molecule has 0 aliphatic heterocycles. The predicted molar refractivity (Wildman–Crippen MR) is 48.6 cm³/mol. The zero-order valence-electron chi connectivity index (χ0n) is 6.93. The molecule has 0 radical (unpaired) electrons. The van der Waals surface area contributed by atoms with E-state index in [0.717, 1.165) is 0 Å². The van der Waals surface area contributed by atoms with Crippen molar-refractivity contribution in [2.45, 2.75) is 20.3 Å². The molecule has 1 nitrogen and oxygen atoms in total. The number of allylic oxidation sites excluding steroid dienone is 3. The van der Waals surface area contributed by atoms with Crippen LogP contribution in [0.3, 0.4) is 0 Å². The van der Waals surface area contributed by atoms with Crippen molar-refractivity contribution in [2.75, 3.05) is 0 Å². The van der Waals surface area contributed by atoms with E-state index in [4.69, 9.17) is 5.73 Å². The molecule has 0 rings (SSSR count). The molecule has 0 aromatic carbocycles. The van der Waals surface area contributed by atoms with Crippen LogP contribution in [0.2, 0.25) is 0 Å². The van der Waals surface area contributed by atoms with Gasteiger partial charge in [0.2, 0.25) is 0 Å². The van der Waals surface area contributed by atoms with Gasteiger partial charge in [0.15, 0.2) is 0 Å². The van der Waals surface area contributed by atoms with E-state index in [2.05, 4.69) is 27.0 Å². The van der Waals surface area contributed by atoms with E-state index in [0.29, 0.717) is 5.70 Å². The van der Waals surface area contributed by atoms with Crippen molar-refractivity contribution < 1.29 is 0 Å². The van der Waals surface area contributed by atoms with Gasteiger partial charge in [0, 0.05) is 5.70 Å². The summed E-state index contributed by atoms with van der Waals surface area (Å²) in [4.78, 5) is 0. The smallest absolute Gasteiger partial charge is 0.0307 e. The molecule has 0 aromatic rings. The predicted octanol–water partition coefficient (Wildman–Crippen LogP) is 2.62. The molecule has 0 heterocycles. The Labute approximate surface area is 63.9 Å². The highest BCUT2D eigenvalue weighted by molar-refractivity contribution is 5.16. The van der Waals surface area contributed by atoms with Crippen LogP contribution in [0.4, 0.5) is 0 Å². The van der Waals surface area contributed by atoms with Crippen molar-refractivity contribution in [3.63, 3.8) is 0 Å². The summed E-state index contributed by atoms with van der Waals surface area (Å²) >= 11 is 0. The van der Waals surface area contributed by atoms with Gasteiger partial charge in [-0.3, -0.25) is 0 Å². The zero-order chi connectivity index (χ0) is 8.41. The highest BCUT2D eigenvalue weighted by atomic mass is 14.5. The van der Waals surface area contributed by atoms with Crippen LogP contribution in [0.1, 0.15) is 20.3 Å². The first-order valence-electron chi connectivity index (χ1n) is 3.43. The minimum absolute atomic E-state index is 0.648. The molecule has 2 N–H and O–H groups in total. The molecule has 0 spiro atoms. The maximum Gasteiger partial charge on any atom is 0.0307 e. The van der Waals surface area contributed by atoms with Crippen molar-refractivity contribution in [1.82, 2.24) is 0 Å². The lowest BCUT2D eigenvalue weighted by Crippen LogP contribution is -1.89. The van der Waals surface area contributed by atoms with Gasteiger partial charge in [-0.15, -0.1) is 0 Å². The summed E-state index contributed by atoms with van der Waals surface area (Å²) in [5.41, 5.74) is 5.90. The van der Waals surface area contributed by atoms with Gasteiger partial charge >= 0.3 is 0 Å². The molecule has 0 aliphatic rings. The Hall–Kier alpha value is -0.980. The minimum atomic E-state index is 0.648. The van der Waals surface area contributed by atoms with Gasteiger partial charge < -0.3 is 5.73 Å². The molecule has 0 aromatic heterocycles. The second-order valence-corrected chi connectivity index (χ2v) is 1.81. The van der Waals surface area contributed by atoms with Crippen molar-refractivity contribution in [1.29, 1.82) is 0 Å². The highest BCUT2D eigenvalue weighted by Crippen LogP contribution is 1.81. The number of hydrogen-bond donors (Lipinski definition) is 1. The summed E-state index contributed by atoms with van der Waals surface area (Å²) < 4.78 is 0. The number of rotatable bonds is 2. The van der Waals surface area contributed by atoms with Gasteiger partial charge in [0.1, 0.15) is 0 Å². The Balaban J connectivity index is 0. The highest BCUT2D eigenvalue weighted by Gasteiger charge is 1.69. The van der Waals surface area contributed by atoms with Gasteiger partial charge in [0.25, 0.3) is 0 Å². The summed E-state index contributed by atoms with van der Waals surface area (Å²) in [5.74, 6) is 0. The molecule has 0 aliphatic carbocycles. The van der Waals surface area contributed by atoms with E-state index < -0.39 is 0 Å². The fourth-order valence-electron chi connectivity index (χ4n) is 0.204. The molecule has 0 unspecified atom stereocenters. The van der Waals surface area contributed by atoms with Crippen molar-refractivity contribution in [2.24, 2.45) is 5.73 Å². The minimum Gasteiger partial charge on any atom is -0.399 e. The quantitative estimate of drug-likeness (QED) is 0.585. The van der Waals surface area contributed by atoms with E-state index in [9.17, 15) is 0 Å². The van der Waals surface area contributed by atoms with Crippen LogP contribution in [-0.4, -0.2) is 0 Å². The molecule has 0 atom stereocenters. The third kappa shape index (κ3) is 15.7. The maximum atomic E-state index is 5.26. The van der Waals surface area contributed by atoms with Gasteiger partial charge in [-0.25, -0.2) is 0 Å². The summed E-state index contributed by atoms with van der Waals surface area (Å²) in [6, 6.07) is 0. The fourth-order valence-corrected chi connectivity index (χ4v) is 0.204. The van der Waals surface area contributed by atoms with E-state index >= 15 is 0 Å². The van der Waals surface area contributed by atoms with E-state index in [1.807, 2.05) is 0 Å². The second kappa shape index (κ2) is 10.9. The molecular weight excluding hydrogens is 122 g/mol. The van der Waals surface area contributed by atoms with Crippen LogP contribution in [0, 0.1) is 0 Å². The standard InChI is InChI=1S/C6H9N.C3H8/c1-3-5-6(7)4-2;1-3-2/h3-5H,1-2,7H2;3H2,1-2H3/b6-5+;. The lowest BCUT2D eigenvalue weighted by Gasteiger charge is -1.81. The van der Waals surface area contributed by atoms with Crippen LogP contribution < -0.4 is 5.73 Å². The fraction of sp³-hybridized carbons (Fsp3) is 0.333. The first kappa shape index (κ1) is 11.8. The summed E-state index contributed by atoms with van der Waals surface area (Å²) in [5, 5.41) is 0. The van der Waals surface area contributed by atoms with Crippen LogP contribution in [-0.2, 0) is 0 Å². The Kier molecular flexibility index (Phi) is 12.8. The van der Waals surface area contributed by atoms with E-state index in [1.54, 1.807) is 18.2 Å². The van der Waals surface area contributed by atoms with Crippen molar-refractivity contribution >= 4 is 0 Å². The average Bonchev–Trinajstić information content (AvgIpc) is 1.90. The van der Waals surface area contributed by atoms with Crippen LogP contribution in [0.5, 0.6) is 0 Å². The third-order valence-corrected chi connectivity index (χ3v) is 0.546. The molecule has 1 heteroatoms. The number of nitrogens with two attached hydrogens (primary N) is 1. The van der Waals surface area contributed by atoms with Crippen molar-refractivity contribution in [3.05, 3.63) is 37.1 Å². The topological polar surface area (TPSA) is 26.0 Å². The number of hydrogen-bond acceptors (Lipinski definition) is 1. The molecule has 0 amide bonds. The Morgan fingerprint density at radius 3 is 1.90 bits per heavy atom. The first-order valence-corrected chi connectivity index (χ1v) is 3.43. The van der Waals surface area contributed by atoms with E-state index in [-0.39, 0.29) is 0 Å². The molecule has 0 saturated heterocycles. The van der Waals surface area contributed by atoms with Crippen LogP contribution in [0.25, 0.3) is 0 Å². The van der Waals surface area contributed by atoms with Crippen LogP contribution >= 0.6 is 0 Å². The normalized spacial score (nSPS) is 9.20. The van der Waals surface area contributed by atoms with Gasteiger partial charge in [-0.2, -0.15) is 0 Å². The molecule has 58 valence electrons. The summed E-state index contributed by atoms with van der Waals surface area (Å²) in [7, 11) is 0. The Morgan fingerprint density at radius 1 is 1.40 bits per heavy atom. The Morgan fingerprint density at radius 2 is 1.80 bits per heavy atom. The van der Waals surface area contributed by atoms with Gasteiger partial charge in [0.05, 0.1) is 0 Å². The average molecular weight is 139 g/mol. The largest absolute Gasteiger partial charge is 0.399 e.